The van der Waals surface area contributed by atoms with E-state index in [9.17, 15) is 4.79 Å². The van der Waals surface area contributed by atoms with E-state index < -0.39 is 5.97 Å². The lowest BCUT2D eigenvalue weighted by atomic mass is 10.1. The molecule has 4 heteroatoms. The molecule has 16 heavy (non-hydrogen) atoms. The molecule has 1 heterocycles. The molecule has 0 spiro atoms. The van der Waals surface area contributed by atoms with Gasteiger partial charge in [0.05, 0.1) is 5.69 Å². The molecule has 1 aromatic carbocycles. The van der Waals surface area contributed by atoms with E-state index in [1.54, 1.807) is 10.9 Å². The summed E-state index contributed by atoms with van der Waals surface area (Å²) < 4.78 is 1.61. The molecule has 0 atom stereocenters. The fraction of sp³-hybridized carbons (Fsp3) is 0.167. The number of aryl methyl sites for hydroxylation is 2. The first-order valence-electron chi connectivity index (χ1n) is 4.95. The van der Waals surface area contributed by atoms with Crippen molar-refractivity contribution in [1.82, 2.24) is 9.78 Å². The van der Waals surface area contributed by atoms with Crippen LogP contribution in [-0.4, -0.2) is 20.9 Å². The Bertz CT molecular complexity index is 523. The Balaban J connectivity index is 2.54. The molecule has 0 saturated carbocycles. The van der Waals surface area contributed by atoms with Gasteiger partial charge in [0, 0.05) is 6.20 Å². The van der Waals surface area contributed by atoms with E-state index in [1.807, 2.05) is 32.0 Å². The van der Waals surface area contributed by atoms with Crippen molar-refractivity contribution < 1.29 is 9.90 Å². The number of nitrogens with zero attached hydrogens (tertiary/aromatic N) is 2. The molecule has 0 fully saturated rings. The molecule has 0 saturated heterocycles. The van der Waals surface area contributed by atoms with Crippen molar-refractivity contribution >= 4 is 5.97 Å². The van der Waals surface area contributed by atoms with Gasteiger partial charge in [-0.15, -0.1) is 0 Å². The lowest BCUT2D eigenvalue weighted by molar-refractivity contribution is 0.0690. The molecule has 0 aliphatic rings. The Morgan fingerprint density at radius 2 is 1.88 bits per heavy atom. The number of carboxylic acids is 1. The molecule has 0 radical (unpaired) electrons. The molecule has 1 aromatic heterocycles. The molecule has 82 valence electrons. The minimum Gasteiger partial charge on any atom is -0.476 e. The van der Waals surface area contributed by atoms with E-state index in [1.165, 1.54) is 6.07 Å². The number of hydrogen-bond acceptors (Lipinski definition) is 2. The summed E-state index contributed by atoms with van der Waals surface area (Å²) in [4.78, 5) is 10.7. The van der Waals surface area contributed by atoms with Crippen molar-refractivity contribution in [3.63, 3.8) is 0 Å². The van der Waals surface area contributed by atoms with Gasteiger partial charge in [-0.3, -0.25) is 0 Å². The first-order valence-corrected chi connectivity index (χ1v) is 4.95. The van der Waals surface area contributed by atoms with Gasteiger partial charge in [0.2, 0.25) is 0 Å². The fourth-order valence-corrected chi connectivity index (χ4v) is 1.73. The number of benzene rings is 1. The quantitative estimate of drug-likeness (QED) is 0.837. The average molecular weight is 216 g/mol. The van der Waals surface area contributed by atoms with Crippen molar-refractivity contribution in [3.8, 4) is 5.69 Å². The topological polar surface area (TPSA) is 55.1 Å². The zero-order chi connectivity index (χ0) is 11.7. The van der Waals surface area contributed by atoms with Crippen LogP contribution in [0, 0.1) is 13.8 Å². The van der Waals surface area contributed by atoms with Crippen LogP contribution in [0.3, 0.4) is 0 Å². The van der Waals surface area contributed by atoms with Crippen LogP contribution in [0.2, 0.25) is 0 Å². The number of aromatic carboxylic acids is 1. The highest BCUT2D eigenvalue weighted by atomic mass is 16.4. The SMILES string of the molecule is Cc1cccc(C)c1-n1ccc(C(=O)O)n1. The predicted octanol–water partition coefficient (Wildman–Crippen LogP) is 2.19. The molecule has 0 bridgehead atoms. The summed E-state index contributed by atoms with van der Waals surface area (Å²) in [6.07, 6.45) is 1.67. The highest BCUT2D eigenvalue weighted by Crippen LogP contribution is 2.17. The highest BCUT2D eigenvalue weighted by Gasteiger charge is 2.10. The summed E-state index contributed by atoms with van der Waals surface area (Å²) >= 11 is 0. The number of aromatic nitrogens is 2. The van der Waals surface area contributed by atoms with Crippen molar-refractivity contribution in [1.29, 1.82) is 0 Å². The highest BCUT2D eigenvalue weighted by molar-refractivity contribution is 5.85. The van der Waals surface area contributed by atoms with Crippen molar-refractivity contribution in [2.24, 2.45) is 0 Å². The van der Waals surface area contributed by atoms with E-state index >= 15 is 0 Å². The van der Waals surface area contributed by atoms with E-state index in [0.717, 1.165) is 16.8 Å². The summed E-state index contributed by atoms with van der Waals surface area (Å²) in [5.74, 6) is -1.01. The number of para-hydroxylation sites is 1. The van der Waals surface area contributed by atoms with Crippen LogP contribution in [0.15, 0.2) is 30.5 Å². The third-order valence-corrected chi connectivity index (χ3v) is 2.48. The van der Waals surface area contributed by atoms with Gasteiger partial charge < -0.3 is 5.11 Å². The molecule has 0 amide bonds. The zero-order valence-electron chi connectivity index (χ0n) is 9.14. The molecule has 0 aliphatic carbocycles. The minimum atomic E-state index is -1.01. The lowest BCUT2D eigenvalue weighted by Crippen LogP contribution is -2.03. The van der Waals surface area contributed by atoms with Gasteiger partial charge in [0.15, 0.2) is 5.69 Å². The van der Waals surface area contributed by atoms with Gasteiger partial charge in [-0.2, -0.15) is 5.10 Å². The third kappa shape index (κ3) is 1.69. The summed E-state index contributed by atoms with van der Waals surface area (Å²) in [6, 6.07) is 7.42. The van der Waals surface area contributed by atoms with Crippen LogP contribution in [0.5, 0.6) is 0 Å². The summed E-state index contributed by atoms with van der Waals surface area (Å²) in [5.41, 5.74) is 3.14. The van der Waals surface area contributed by atoms with Gasteiger partial charge in [0.25, 0.3) is 0 Å². The number of carboxylic acid groups (broad SMARTS) is 1. The summed E-state index contributed by atoms with van der Waals surface area (Å²) in [6.45, 7) is 3.95. The van der Waals surface area contributed by atoms with Crippen molar-refractivity contribution in [2.75, 3.05) is 0 Å². The smallest absolute Gasteiger partial charge is 0.356 e. The molecule has 2 rings (SSSR count). The van der Waals surface area contributed by atoms with Gasteiger partial charge >= 0.3 is 5.97 Å². The standard InChI is InChI=1S/C12H12N2O2/c1-8-4-3-5-9(2)11(8)14-7-6-10(13-14)12(15)16/h3-7H,1-2H3,(H,15,16). The van der Waals surface area contributed by atoms with E-state index in [0.29, 0.717) is 0 Å². The minimum absolute atomic E-state index is 0.0580. The maximum Gasteiger partial charge on any atom is 0.356 e. The fourth-order valence-electron chi connectivity index (χ4n) is 1.73. The van der Waals surface area contributed by atoms with E-state index in [-0.39, 0.29) is 5.69 Å². The van der Waals surface area contributed by atoms with Crippen LogP contribution in [0.1, 0.15) is 21.6 Å². The van der Waals surface area contributed by atoms with Gasteiger partial charge in [0.1, 0.15) is 0 Å². The average Bonchev–Trinajstić information content (AvgIpc) is 2.66. The summed E-state index contributed by atoms with van der Waals surface area (Å²) in [5, 5.41) is 12.8. The predicted molar refractivity (Wildman–Crippen MR) is 60.0 cm³/mol. The first kappa shape index (κ1) is 10.4. The molecular formula is C12H12N2O2. The van der Waals surface area contributed by atoms with Gasteiger partial charge in [-0.1, -0.05) is 18.2 Å². The maximum absolute atomic E-state index is 10.7. The second-order valence-corrected chi connectivity index (χ2v) is 3.69. The molecule has 1 N–H and O–H groups in total. The Hall–Kier alpha value is -2.10. The molecular weight excluding hydrogens is 204 g/mol. The third-order valence-electron chi connectivity index (χ3n) is 2.48. The van der Waals surface area contributed by atoms with Crippen LogP contribution < -0.4 is 0 Å². The number of hydrogen-bond donors (Lipinski definition) is 1. The van der Waals surface area contributed by atoms with Crippen molar-refractivity contribution in [3.05, 3.63) is 47.3 Å². The largest absolute Gasteiger partial charge is 0.476 e. The zero-order valence-corrected chi connectivity index (χ0v) is 9.14. The van der Waals surface area contributed by atoms with Gasteiger partial charge in [-0.25, -0.2) is 9.48 Å². The molecule has 0 unspecified atom stereocenters. The summed E-state index contributed by atoms with van der Waals surface area (Å²) in [7, 11) is 0. The molecule has 2 aromatic rings. The van der Waals surface area contributed by atoms with Crippen molar-refractivity contribution in [2.45, 2.75) is 13.8 Å². The molecule has 4 nitrogen and oxygen atoms in total. The number of rotatable bonds is 2. The first-order chi connectivity index (χ1) is 7.59. The Kier molecular flexibility index (Phi) is 2.48. The lowest BCUT2D eigenvalue weighted by Gasteiger charge is -2.08. The molecule has 0 aliphatic heterocycles. The second kappa shape index (κ2) is 3.81. The van der Waals surface area contributed by atoms with E-state index in [2.05, 4.69) is 5.10 Å². The van der Waals surface area contributed by atoms with Crippen LogP contribution in [-0.2, 0) is 0 Å². The number of carbonyl (C=O) groups is 1. The van der Waals surface area contributed by atoms with Gasteiger partial charge in [-0.05, 0) is 31.0 Å². The van der Waals surface area contributed by atoms with Crippen LogP contribution >= 0.6 is 0 Å². The Labute approximate surface area is 93.1 Å². The van der Waals surface area contributed by atoms with Crippen LogP contribution in [0.4, 0.5) is 0 Å². The normalized spacial score (nSPS) is 10.4. The second-order valence-electron chi connectivity index (χ2n) is 3.69. The maximum atomic E-state index is 10.7. The Morgan fingerprint density at radius 1 is 1.25 bits per heavy atom. The monoisotopic (exact) mass is 216 g/mol. The van der Waals surface area contributed by atoms with Crippen LogP contribution in [0.25, 0.3) is 5.69 Å². The Morgan fingerprint density at radius 3 is 2.38 bits per heavy atom. The van der Waals surface area contributed by atoms with E-state index in [4.69, 9.17) is 5.11 Å².